The molecule has 0 radical (unpaired) electrons. The summed E-state index contributed by atoms with van der Waals surface area (Å²) in [7, 11) is 1.28. The molecule has 2 aliphatic rings. The number of hydrogen-bond donors (Lipinski definition) is 1. The fourth-order valence-corrected chi connectivity index (χ4v) is 3.51. The third kappa shape index (κ3) is 3.17. The topological polar surface area (TPSA) is 39.7 Å². The van der Waals surface area contributed by atoms with E-state index in [4.69, 9.17) is 14.0 Å². The molecule has 2 aromatic carbocycles. The van der Waals surface area contributed by atoms with Crippen molar-refractivity contribution in [3.05, 3.63) is 59.5 Å². The summed E-state index contributed by atoms with van der Waals surface area (Å²) in [6.45, 7) is 8.31. The van der Waals surface area contributed by atoms with Gasteiger partial charge in [0.1, 0.15) is 5.75 Å². The zero-order valence-electron chi connectivity index (χ0n) is 16.6. The van der Waals surface area contributed by atoms with E-state index < -0.39 is 7.12 Å². The molecule has 2 aliphatic heterocycles. The van der Waals surface area contributed by atoms with Gasteiger partial charge >= 0.3 is 14.0 Å². The van der Waals surface area contributed by atoms with Gasteiger partial charge in [-0.25, -0.2) is 0 Å². The normalized spacial score (nSPS) is 20.0. The second kappa shape index (κ2) is 6.47. The van der Waals surface area contributed by atoms with Crippen molar-refractivity contribution in [2.45, 2.75) is 38.9 Å². The van der Waals surface area contributed by atoms with E-state index >= 15 is 0 Å². The van der Waals surface area contributed by atoms with E-state index in [9.17, 15) is 0 Å². The summed E-state index contributed by atoms with van der Waals surface area (Å²) in [6.07, 6.45) is 2.20. The number of hydrogen-bond acceptors (Lipinski definition) is 4. The molecule has 4 nitrogen and oxygen atoms in total. The highest BCUT2D eigenvalue weighted by Gasteiger charge is 2.54. The van der Waals surface area contributed by atoms with Crippen LogP contribution in [0.5, 0.6) is 5.75 Å². The largest absolute Gasteiger partial charge is 0.497 e. The van der Waals surface area contributed by atoms with Crippen molar-refractivity contribution in [1.29, 1.82) is 0 Å². The first kappa shape index (κ1) is 18.2. The van der Waals surface area contributed by atoms with Crippen molar-refractivity contribution in [2.75, 3.05) is 12.3 Å². The molecule has 0 unspecified atom stereocenters. The summed E-state index contributed by atoms with van der Waals surface area (Å²) in [5.41, 5.74) is 2.65. The van der Waals surface area contributed by atoms with Crippen molar-refractivity contribution in [3.8, 4) is 5.75 Å². The number of para-hydroxylation sites is 1. The molecule has 2 heterocycles. The summed E-state index contributed by atoms with van der Waals surface area (Å²) in [5, 5.41) is 4.74. The van der Waals surface area contributed by atoms with E-state index in [0.717, 1.165) is 27.8 Å². The van der Waals surface area contributed by atoms with Crippen LogP contribution in [0.15, 0.2) is 53.9 Å². The summed E-state index contributed by atoms with van der Waals surface area (Å²) in [4.78, 5) is 0. The van der Waals surface area contributed by atoms with Crippen LogP contribution >= 0.6 is 0 Å². The molecule has 0 aromatic heterocycles. The minimum Gasteiger partial charge on any atom is -0.497 e. The molecule has 0 saturated carbocycles. The average Bonchev–Trinajstić information content (AvgIpc) is 2.88. The lowest BCUT2D eigenvalue weighted by atomic mass is 9.39. The Hall–Kier alpha value is -2.17. The molecule has 138 valence electrons. The van der Waals surface area contributed by atoms with Crippen molar-refractivity contribution in [1.82, 2.24) is 0 Å². The summed E-state index contributed by atoms with van der Waals surface area (Å²) >= 11 is 0. The Labute approximate surface area is 162 Å². The van der Waals surface area contributed by atoms with Gasteiger partial charge in [0.25, 0.3) is 0 Å². The smallest absolute Gasteiger partial charge is 0.483 e. The number of ether oxygens (including phenoxy) is 1. The maximum Gasteiger partial charge on any atom is 0.483 e. The minimum atomic E-state index is -0.400. The molecule has 1 fully saturated rings. The van der Waals surface area contributed by atoms with Gasteiger partial charge in [-0.15, -0.1) is 0 Å². The van der Waals surface area contributed by atoms with Gasteiger partial charge in [-0.05, 0) is 56.8 Å². The summed E-state index contributed by atoms with van der Waals surface area (Å²) in [6, 6.07) is 16.4. The molecule has 27 heavy (non-hydrogen) atoms. The number of fused-ring (bicyclic) bond motifs is 1. The van der Waals surface area contributed by atoms with E-state index in [1.807, 2.05) is 24.3 Å². The van der Waals surface area contributed by atoms with Crippen LogP contribution in [-0.4, -0.2) is 32.3 Å². The van der Waals surface area contributed by atoms with Gasteiger partial charge in [0.2, 0.25) is 0 Å². The molecule has 6 heteroatoms. The molecule has 0 bridgehead atoms. The predicted octanol–water partition coefficient (Wildman–Crippen LogP) is 3.57. The second-order valence-corrected chi connectivity index (χ2v) is 8.17. The van der Waals surface area contributed by atoms with Crippen LogP contribution in [0.3, 0.4) is 0 Å². The average molecular weight is 361 g/mol. The molecule has 1 saturated heterocycles. The minimum absolute atomic E-state index is 0.0273. The molecule has 0 atom stereocenters. The van der Waals surface area contributed by atoms with Gasteiger partial charge in [-0.3, -0.25) is 0 Å². The van der Waals surface area contributed by atoms with Gasteiger partial charge in [-0.2, -0.15) is 0 Å². The Morgan fingerprint density at radius 1 is 0.889 bits per heavy atom. The van der Waals surface area contributed by atoms with Crippen molar-refractivity contribution < 1.29 is 14.0 Å². The number of anilines is 1. The van der Waals surface area contributed by atoms with Gasteiger partial charge in [0, 0.05) is 5.69 Å². The van der Waals surface area contributed by atoms with E-state index in [1.165, 1.54) is 0 Å². The lowest BCUT2D eigenvalue weighted by molar-refractivity contribution is 0.00578. The molecule has 0 spiro atoms. The van der Waals surface area contributed by atoms with Gasteiger partial charge in [0.05, 0.1) is 18.3 Å². The van der Waals surface area contributed by atoms with Crippen LogP contribution in [0, 0.1) is 0 Å². The van der Waals surface area contributed by atoms with E-state index in [-0.39, 0.29) is 18.0 Å². The quantitative estimate of drug-likeness (QED) is 0.849. The first-order valence-electron chi connectivity index (χ1n) is 9.37. The Bertz CT molecular complexity index is 861. The third-order valence-electron chi connectivity index (χ3n) is 5.89. The molecule has 1 N–H and O–H groups in total. The zero-order valence-corrected chi connectivity index (χ0v) is 16.6. The van der Waals surface area contributed by atoms with Crippen LogP contribution in [-0.2, 0) is 9.31 Å². The SMILES string of the molecule is COc1ccc(B2Nc3ccccc3C=C2B2OC(C)(C)C(C)(C)O2)cc1. The van der Waals surface area contributed by atoms with Crippen LogP contribution in [0.4, 0.5) is 5.69 Å². The highest BCUT2D eigenvalue weighted by Crippen LogP contribution is 2.40. The monoisotopic (exact) mass is 361 g/mol. The lowest BCUT2D eigenvalue weighted by Crippen LogP contribution is -2.48. The Kier molecular flexibility index (Phi) is 4.36. The van der Waals surface area contributed by atoms with Gasteiger partial charge in [-0.1, -0.05) is 41.9 Å². The number of rotatable bonds is 3. The number of benzene rings is 2. The predicted molar refractivity (Wildman–Crippen MR) is 113 cm³/mol. The van der Waals surface area contributed by atoms with E-state index in [2.05, 4.69) is 63.3 Å². The van der Waals surface area contributed by atoms with Crippen LogP contribution < -0.4 is 15.4 Å². The molecule has 2 aromatic rings. The molecular formula is C21H25B2NO3. The van der Waals surface area contributed by atoms with Crippen molar-refractivity contribution >= 4 is 31.2 Å². The summed E-state index contributed by atoms with van der Waals surface area (Å²) in [5.74, 6) is 0.844. The maximum atomic E-state index is 6.36. The zero-order chi connectivity index (χ0) is 19.2. The van der Waals surface area contributed by atoms with E-state index in [1.54, 1.807) is 7.11 Å². The number of nitrogens with one attached hydrogen (secondary N) is 1. The molecular weight excluding hydrogens is 336 g/mol. The fraction of sp³-hybridized carbons (Fsp3) is 0.333. The Morgan fingerprint density at radius 3 is 2.15 bits per heavy atom. The highest BCUT2D eigenvalue weighted by molar-refractivity contribution is 6.95. The van der Waals surface area contributed by atoms with Gasteiger partial charge in [0.15, 0.2) is 0 Å². The molecule has 0 aliphatic carbocycles. The first-order chi connectivity index (χ1) is 12.8. The standard InChI is InChI=1S/C21H25B2NO3/c1-20(2)21(3,4)27-23(26-20)19-14-15-8-6-7-9-18(15)24-22(19)16-10-12-17(25-5)13-11-16/h6-14,24H,1-5H3. The van der Waals surface area contributed by atoms with Crippen LogP contribution in [0.25, 0.3) is 6.08 Å². The number of methoxy groups -OCH3 is 1. The first-order valence-corrected chi connectivity index (χ1v) is 9.37. The van der Waals surface area contributed by atoms with E-state index in [0.29, 0.717) is 0 Å². The molecule has 0 amide bonds. The lowest BCUT2D eigenvalue weighted by Gasteiger charge is -2.32. The van der Waals surface area contributed by atoms with Crippen molar-refractivity contribution in [2.24, 2.45) is 0 Å². The highest BCUT2D eigenvalue weighted by atomic mass is 16.7. The van der Waals surface area contributed by atoms with Gasteiger partial charge < -0.3 is 19.3 Å². The second-order valence-electron chi connectivity index (χ2n) is 8.17. The van der Waals surface area contributed by atoms with Crippen LogP contribution in [0.2, 0.25) is 0 Å². The summed E-state index contributed by atoms with van der Waals surface area (Å²) < 4.78 is 18.0. The van der Waals surface area contributed by atoms with Crippen LogP contribution in [0.1, 0.15) is 33.3 Å². The fourth-order valence-electron chi connectivity index (χ4n) is 3.51. The van der Waals surface area contributed by atoms with Crippen molar-refractivity contribution in [3.63, 3.8) is 0 Å². The Balaban J connectivity index is 1.75. The third-order valence-corrected chi connectivity index (χ3v) is 5.89. The maximum absolute atomic E-state index is 6.36. The molecule has 4 rings (SSSR count). The Morgan fingerprint density at radius 2 is 1.52 bits per heavy atom.